The Morgan fingerprint density at radius 2 is 1.49 bits per heavy atom. The SMILES string of the molecule is CC1OC(=O)C(N(C(=O)OC(C)(C)C)C(=O)OC(C)(C)C)COCC(Cc2cccc3ccccc23)C1OC1CCCC1. The number of amides is 2. The molecule has 43 heavy (non-hydrogen) atoms. The summed E-state index contributed by atoms with van der Waals surface area (Å²) in [4.78, 5) is 41.1. The van der Waals surface area contributed by atoms with Crippen LogP contribution in [0.1, 0.15) is 79.7 Å². The van der Waals surface area contributed by atoms with E-state index >= 15 is 0 Å². The third-order valence-corrected chi connectivity index (χ3v) is 7.61. The normalized spacial score (nSPS) is 24.0. The number of rotatable bonds is 5. The maximum absolute atomic E-state index is 13.7. The average molecular weight is 598 g/mol. The van der Waals surface area contributed by atoms with Gasteiger partial charge in [0.05, 0.1) is 25.4 Å². The minimum atomic E-state index is -1.41. The minimum Gasteiger partial charge on any atom is -0.458 e. The molecule has 2 amide bonds. The number of hydrogen-bond donors (Lipinski definition) is 0. The maximum atomic E-state index is 13.7. The average Bonchev–Trinajstić information content (AvgIpc) is 3.42. The molecular weight excluding hydrogens is 550 g/mol. The molecule has 4 atom stereocenters. The predicted molar refractivity (Wildman–Crippen MR) is 163 cm³/mol. The first-order valence-electron chi connectivity index (χ1n) is 15.4. The standard InChI is InChI=1S/C34H47NO8/c1-22-29(41-26-16-9-10-17-26)25(19-24-15-12-14-23-13-8-11-18-27(23)24)20-39-21-28(30(36)40-22)35(31(37)42-33(2,3)4)32(38)43-34(5,6)7/h8,11-15,18,22,25-26,28-29H,9-10,16-17,19-21H2,1-7H3. The van der Waals surface area contributed by atoms with Gasteiger partial charge in [0.2, 0.25) is 0 Å². The Morgan fingerprint density at radius 1 is 0.884 bits per heavy atom. The van der Waals surface area contributed by atoms with Crippen LogP contribution in [0, 0.1) is 5.92 Å². The highest BCUT2D eigenvalue weighted by Gasteiger charge is 2.44. The predicted octanol–water partition coefficient (Wildman–Crippen LogP) is 6.83. The van der Waals surface area contributed by atoms with E-state index in [0.717, 1.165) is 42.0 Å². The third kappa shape index (κ3) is 8.92. The van der Waals surface area contributed by atoms with E-state index in [1.54, 1.807) is 48.5 Å². The number of ether oxygens (including phenoxy) is 5. The minimum absolute atomic E-state index is 0.0674. The van der Waals surface area contributed by atoms with E-state index < -0.39 is 47.6 Å². The van der Waals surface area contributed by atoms with Crippen molar-refractivity contribution in [1.29, 1.82) is 0 Å². The lowest BCUT2D eigenvalue weighted by Gasteiger charge is -2.34. The van der Waals surface area contributed by atoms with Crippen molar-refractivity contribution in [1.82, 2.24) is 4.90 Å². The van der Waals surface area contributed by atoms with Gasteiger partial charge in [-0.05, 0) is 84.1 Å². The molecule has 4 unspecified atom stereocenters. The van der Waals surface area contributed by atoms with Crippen molar-refractivity contribution in [3.05, 3.63) is 48.0 Å². The van der Waals surface area contributed by atoms with Crippen LogP contribution < -0.4 is 0 Å². The smallest absolute Gasteiger partial charge is 0.420 e. The zero-order chi connectivity index (χ0) is 31.4. The van der Waals surface area contributed by atoms with Gasteiger partial charge in [0.15, 0.2) is 6.04 Å². The Morgan fingerprint density at radius 3 is 2.12 bits per heavy atom. The summed E-state index contributed by atoms with van der Waals surface area (Å²) in [5.41, 5.74) is -0.694. The van der Waals surface area contributed by atoms with Crippen molar-refractivity contribution in [2.24, 2.45) is 5.92 Å². The second kappa shape index (κ2) is 13.6. The molecule has 1 aliphatic heterocycles. The number of hydrogen-bond acceptors (Lipinski definition) is 8. The van der Waals surface area contributed by atoms with Crippen molar-refractivity contribution >= 4 is 28.9 Å². The summed E-state index contributed by atoms with van der Waals surface area (Å²) in [6.45, 7) is 11.9. The number of carbonyl (C=O) groups is 3. The molecule has 1 saturated carbocycles. The molecule has 0 radical (unpaired) electrons. The molecule has 2 aromatic carbocycles. The van der Waals surface area contributed by atoms with Crippen molar-refractivity contribution in [3.63, 3.8) is 0 Å². The highest BCUT2D eigenvalue weighted by Crippen LogP contribution is 2.31. The number of imide groups is 1. The topological polar surface area (TPSA) is 101 Å². The molecule has 0 N–H and O–H groups in total. The van der Waals surface area contributed by atoms with E-state index in [-0.39, 0.29) is 25.2 Å². The largest absolute Gasteiger partial charge is 0.458 e. The summed E-state index contributed by atoms with van der Waals surface area (Å²) in [7, 11) is 0. The van der Waals surface area contributed by atoms with Crippen LogP contribution in [0.3, 0.4) is 0 Å². The van der Waals surface area contributed by atoms with E-state index in [2.05, 4.69) is 24.3 Å². The number of carbonyl (C=O) groups excluding carboxylic acids is 3. The molecule has 2 fully saturated rings. The monoisotopic (exact) mass is 597 g/mol. The number of fused-ring (bicyclic) bond motifs is 1. The van der Waals surface area contributed by atoms with E-state index in [9.17, 15) is 14.4 Å². The van der Waals surface area contributed by atoms with Gasteiger partial charge < -0.3 is 23.7 Å². The van der Waals surface area contributed by atoms with Gasteiger partial charge >= 0.3 is 18.2 Å². The molecule has 0 aromatic heterocycles. The molecule has 2 aliphatic rings. The molecule has 4 rings (SSSR count). The highest BCUT2D eigenvalue weighted by atomic mass is 16.6. The lowest BCUT2D eigenvalue weighted by atomic mass is 9.89. The number of esters is 1. The van der Waals surface area contributed by atoms with E-state index in [4.69, 9.17) is 23.7 Å². The first-order valence-corrected chi connectivity index (χ1v) is 15.4. The van der Waals surface area contributed by atoms with Gasteiger partial charge in [-0.3, -0.25) is 0 Å². The van der Waals surface area contributed by atoms with E-state index in [1.807, 2.05) is 18.2 Å². The highest BCUT2D eigenvalue weighted by molar-refractivity contribution is 5.94. The molecule has 9 heteroatoms. The van der Waals surface area contributed by atoms with Crippen LogP contribution in [0.5, 0.6) is 0 Å². The number of nitrogens with zero attached hydrogens (tertiary/aromatic N) is 1. The molecule has 1 saturated heterocycles. The molecule has 236 valence electrons. The second-order valence-corrected chi connectivity index (χ2v) is 13.6. The van der Waals surface area contributed by atoms with Crippen molar-refractivity contribution in [2.45, 2.75) is 116 Å². The Bertz CT molecular complexity index is 1240. The Kier molecular flexibility index (Phi) is 10.4. The zero-order valence-corrected chi connectivity index (χ0v) is 26.6. The van der Waals surface area contributed by atoms with Crippen molar-refractivity contribution in [2.75, 3.05) is 13.2 Å². The fourth-order valence-corrected chi connectivity index (χ4v) is 5.73. The third-order valence-electron chi connectivity index (χ3n) is 7.61. The molecular formula is C34H47NO8. The summed E-state index contributed by atoms with van der Waals surface area (Å²) < 4.78 is 29.9. The van der Waals surface area contributed by atoms with E-state index in [0.29, 0.717) is 11.3 Å². The fourth-order valence-electron chi connectivity index (χ4n) is 5.73. The molecule has 1 aliphatic carbocycles. The number of benzene rings is 2. The van der Waals surface area contributed by atoms with Crippen molar-refractivity contribution in [3.8, 4) is 0 Å². The second-order valence-electron chi connectivity index (χ2n) is 13.6. The van der Waals surface area contributed by atoms with Gasteiger partial charge in [0.25, 0.3) is 0 Å². The van der Waals surface area contributed by atoms with Crippen LogP contribution in [0.15, 0.2) is 42.5 Å². The van der Waals surface area contributed by atoms with Crippen LogP contribution in [0.2, 0.25) is 0 Å². The molecule has 1 heterocycles. The maximum Gasteiger partial charge on any atom is 0.420 e. The Labute approximate surface area is 255 Å². The van der Waals surface area contributed by atoms with Crippen LogP contribution >= 0.6 is 0 Å². The van der Waals surface area contributed by atoms with E-state index in [1.165, 1.54) is 0 Å². The van der Waals surface area contributed by atoms with Gasteiger partial charge in [-0.25, -0.2) is 14.4 Å². The fraction of sp³-hybridized carbons (Fsp3) is 0.618. The van der Waals surface area contributed by atoms with Crippen LogP contribution in [0.4, 0.5) is 9.59 Å². The summed E-state index contributed by atoms with van der Waals surface area (Å²) in [6.07, 6.45) is 1.65. The van der Waals surface area contributed by atoms with Gasteiger partial charge in [-0.15, -0.1) is 0 Å². The first kappa shape index (κ1) is 32.7. The number of cyclic esters (lactones) is 1. The lowest BCUT2D eigenvalue weighted by Crippen LogP contribution is -2.54. The molecule has 9 nitrogen and oxygen atoms in total. The first-order chi connectivity index (χ1) is 20.2. The summed E-state index contributed by atoms with van der Waals surface area (Å²) >= 11 is 0. The Balaban J connectivity index is 1.66. The summed E-state index contributed by atoms with van der Waals surface area (Å²) in [6, 6.07) is 13.1. The van der Waals surface area contributed by atoms with Crippen molar-refractivity contribution < 1.29 is 38.1 Å². The zero-order valence-electron chi connectivity index (χ0n) is 26.6. The van der Waals surface area contributed by atoms with Crippen LogP contribution in [0.25, 0.3) is 10.8 Å². The lowest BCUT2D eigenvalue weighted by molar-refractivity contribution is -0.167. The van der Waals surface area contributed by atoms with Crippen LogP contribution in [-0.2, 0) is 34.9 Å². The van der Waals surface area contributed by atoms with Gasteiger partial charge in [0, 0.05) is 5.92 Å². The Hall–Kier alpha value is -3.17. The summed E-state index contributed by atoms with van der Waals surface area (Å²) in [5.74, 6) is -0.945. The quantitative estimate of drug-likeness (QED) is 0.273. The molecule has 0 spiro atoms. The molecule has 0 bridgehead atoms. The van der Waals surface area contributed by atoms with Crippen LogP contribution in [-0.4, -0.2) is 71.8 Å². The molecule has 2 aromatic rings. The summed E-state index contributed by atoms with van der Waals surface area (Å²) in [5, 5.41) is 2.29. The van der Waals surface area contributed by atoms with Gasteiger partial charge in [0.1, 0.15) is 17.3 Å². The van der Waals surface area contributed by atoms with Gasteiger partial charge in [-0.1, -0.05) is 55.3 Å². The van der Waals surface area contributed by atoms with Gasteiger partial charge in [-0.2, -0.15) is 4.90 Å².